The molecule has 2 aromatic carbocycles. The molecule has 1 saturated heterocycles. The standard InChI is InChI=1S/C21H24N2O4/c1-3-27-21(25)17-7-8-19(23-9-11-26-12-10-23)18(14-17)22-20(24)16-6-4-5-15(2)13-16/h4-8,13-14H,3,9-12H2,1-2H3,(H,22,24). The second-order valence-corrected chi connectivity index (χ2v) is 6.38. The zero-order valence-electron chi connectivity index (χ0n) is 15.7. The van der Waals surface area contributed by atoms with Crippen LogP contribution in [-0.4, -0.2) is 44.8 Å². The van der Waals surface area contributed by atoms with Crippen molar-refractivity contribution in [3.63, 3.8) is 0 Å². The monoisotopic (exact) mass is 368 g/mol. The normalized spacial score (nSPS) is 13.9. The van der Waals surface area contributed by atoms with E-state index in [1.165, 1.54) is 0 Å². The molecule has 0 bridgehead atoms. The Morgan fingerprint density at radius 3 is 2.59 bits per heavy atom. The van der Waals surface area contributed by atoms with Gasteiger partial charge in [0.15, 0.2) is 0 Å². The van der Waals surface area contributed by atoms with Crippen molar-refractivity contribution in [3.8, 4) is 0 Å². The highest BCUT2D eigenvalue weighted by Crippen LogP contribution is 2.29. The number of rotatable bonds is 5. The number of ether oxygens (including phenoxy) is 2. The second kappa shape index (κ2) is 8.68. The van der Waals surface area contributed by atoms with Gasteiger partial charge in [-0.05, 0) is 44.2 Å². The first-order valence-corrected chi connectivity index (χ1v) is 9.10. The molecule has 1 fully saturated rings. The van der Waals surface area contributed by atoms with Gasteiger partial charge in [0.2, 0.25) is 0 Å². The molecular formula is C21H24N2O4. The number of benzene rings is 2. The van der Waals surface area contributed by atoms with Crippen LogP contribution in [0.1, 0.15) is 33.2 Å². The summed E-state index contributed by atoms with van der Waals surface area (Å²) in [4.78, 5) is 27.0. The minimum atomic E-state index is -0.405. The summed E-state index contributed by atoms with van der Waals surface area (Å²) in [6.45, 7) is 6.72. The van der Waals surface area contributed by atoms with E-state index in [4.69, 9.17) is 9.47 Å². The zero-order chi connectivity index (χ0) is 19.2. The molecule has 0 aromatic heterocycles. The first-order chi connectivity index (χ1) is 13.1. The highest BCUT2D eigenvalue weighted by molar-refractivity contribution is 6.07. The van der Waals surface area contributed by atoms with Crippen molar-refractivity contribution in [3.05, 3.63) is 59.2 Å². The molecule has 3 rings (SSSR count). The van der Waals surface area contributed by atoms with E-state index >= 15 is 0 Å². The smallest absolute Gasteiger partial charge is 0.338 e. The van der Waals surface area contributed by atoms with E-state index in [9.17, 15) is 9.59 Å². The highest BCUT2D eigenvalue weighted by Gasteiger charge is 2.19. The lowest BCUT2D eigenvalue weighted by Gasteiger charge is -2.30. The van der Waals surface area contributed by atoms with Crippen molar-refractivity contribution >= 4 is 23.3 Å². The van der Waals surface area contributed by atoms with E-state index in [2.05, 4.69) is 10.2 Å². The molecule has 0 spiro atoms. The third-order valence-corrected chi connectivity index (χ3v) is 4.39. The van der Waals surface area contributed by atoms with Crippen molar-refractivity contribution < 1.29 is 19.1 Å². The molecule has 6 nitrogen and oxygen atoms in total. The Morgan fingerprint density at radius 1 is 1.11 bits per heavy atom. The van der Waals surface area contributed by atoms with Crippen LogP contribution < -0.4 is 10.2 Å². The average molecular weight is 368 g/mol. The minimum Gasteiger partial charge on any atom is -0.462 e. The number of morpholine rings is 1. The van der Waals surface area contributed by atoms with E-state index in [0.29, 0.717) is 36.6 Å². The summed E-state index contributed by atoms with van der Waals surface area (Å²) >= 11 is 0. The largest absolute Gasteiger partial charge is 0.462 e. The fourth-order valence-electron chi connectivity index (χ4n) is 3.04. The molecule has 1 heterocycles. The van der Waals surface area contributed by atoms with E-state index in [-0.39, 0.29) is 5.91 Å². The quantitative estimate of drug-likeness (QED) is 0.821. The van der Waals surface area contributed by atoms with Crippen molar-refractivity contribution in [1.29, 1.82) is 0 Å². The van der Waals surface area contributed by atoms with Gasteiger partial charge in [-0.1, -0.05) is 17.7 Å². The lowest BCUT2D eigenvalue weighted by Crippen LogP contribution is -2.36. The van der Waals surface area contributed by atoms with E-state index < -0.39 is 5.97 Å². The fraction of sp³-hybridized carbons (Fsp3) is 0.333. The summed E-state index contributed by atoms with van der Waals surface area (Å²) in [5.41, 5.74) is 3.45. The Labute approximate surface area is 159 Å². The number of hydrogen-bond donors (Lipinski definition) is 1. The molecule has 0 atom stereocenters. The van der Waals surface area contributed by atoms with Gasteiger partial charge in [-0.3, -0.25) is 4.79 Å². The summed E-state index contributed by atoms with van der Waals surface area (Å²) in [6.07, 6.45) is 0. The lowest BCUT2D eigenvalue weighted by molar-refractivity contribution is 0.0526. The lowest BCUT2D eigenvalue weighted by atomic mass is 10.1. The summed E-state index contributed by atoms with van der Waals surface area (Å²) in [6, 6.07) is 12.6. The minimum absolute atomic E-state index is 0.214. The number of carbonyl (C=O) groups excluding carboxylic acids is 2. The number of esters is 1. The van der Waals surface area contributed by atoms with Crippen molar-refractivity contribution in [2.45, 2.75) is 13.8 Å². The van der Waals surface area contributed by atoms with Gasteiger partial charge >= 0.3 is 5.97 Å². The van der Waals surface area contributed by atoms with Gasteiger partial charge in [-0.25, -0.2) is 4.79 Å². The maximum Gasteiger partial charge on any atom is 0.338 e. The molecule has 142 valence electrons. The Balaban J connectivity index is 1.92. The summed E-state index contributed by atoms with van der Waals surface area (Å²) in [5.74, 6) is -0.619. The number of aryl methyl sites for hydroxylation is 1. The van der Waals surface area contributed by atoms with Crippen LogP contribution in [-0.2, 0) is 9.47 Å². The van der Waals surface area contributed by atoms with Gasteiger partial charge in [-0.2, -0.15) is 0 Å². The molecule has 1 aliphatic heterocycles. The molecular weight excluding hydrogens is 344 g/mol. The van der Waals surface area contributed by atoms with Crippen LogP contribution in [0.4, 0.5) is 11.4 Å². The number of anilines is 2. The maximum atomic E-state index is 12.7. The Kier molecular flexibility index (Phi) is 6.08. The molecule has 2 aromatic rings. The van der Waals surface area contributed by atoms with Crippen LogP contribution in [0.15, 0.2) is 42.5 Å². The first kappa shape index (κ1) is 18.9. The second-order valence-electron chi connectivity index (χ2n) is 6.38. The SMILES string of the molecule is CCOC(=O)c1ccc(N2CCOCC2)c(NC(=O)c2cccc(C)c2)c1. The predicted molar refractivity (Wildman–Crippen MR) is 105 cm³/mol. The van der Waals surface area contributed by atoms with Gasteiger partial charge in [0, 0.05) is 18.7 Å². The maximum absolute atomic E-state index is 12.7. The summed E-state index contributed by atoms with van der Waals surface area (Å²) in [5, 5.41) is 2.96. The van der Waals surface area contributed by atoms with Crippen molar-refractivity contribution in [2.24, 2.45) is 0 Å². The molecule has 1 N–H and O–H groups in total. The van der Waals surface area contributed by atoms with Crippen LogP contribution >= 0.6 is 0 Å². The average Bonchev–Trinajstić information content (AvgIpc) is 2.69. The van der Waals surface area contributed by atoms with Crippen LogP contribution in [0.25, 0.3) is 0 Å². The number of nitrogens with zero attached hydrogens (tertiary/aromatic N) is 1. The first-order valence-electron chi connectivity index (χ1n) is 9.10. The molecule has 6 heteroatoms. The van der Waals surface area contributed by atoms with E-state index in [1.54, 1.807) is 25.1 Å². The van der Waals surface area contributed by atoms with Crippen molar-refractivity contribution in [1.82, 2.24) is 0 Å². The van der Waals surface area contributed by atoms with Gasteiger partial charge in [-0.15, -0.1) is 0 Å². The zero-order valence-corrected chi connectivity index (χ0v) is 15.7. The van der Waals surface area contributed by atoms with Gasteiger partial charge in [0.25, 0.3) is 5.91 Å². The third kappa shape index (κ3) is 4.65. The molecule has 1 amide bonds. The van der Waals surface area contributed by atoms with Gasteiger partial charge in [0.1, 0.15) is 0 Å². The fourth-order valence-corrected chi connectivity index (χ4v) is 3.04. The molecule has 0 aliphatic carbocycles. The van der Waals surface area contributed by atoms with Gasteiger partial charge in [0.05, 0.1) is 36.8 Å². The Bertz CT molecular complexity index is 829. The number of amides is 1. The highest BCUT2D eigenvalue weighted by atomic mass is 16.5. The third-order valence-electron chi connectivity index (χ3n) is 4.39. The predicted octanol–water partition coefficient (Wildman–Crippen LogP) is 3.26. The number of nitrogens with one attached hydrogen (secondary N) is 1. The number of hydrogen-bond acceptors (Lipinski definition) is 5. The Hall–Kier alpha value is -2.86. The van der Waals surface area contributed by atoms with Crippen LogP contribution in [0.3, 0.4) is 0 Å². The number of carbonyl (C=O) groups is 2. The molecule has 1 aliphatic rings. The summed E-state index contributed by atoms with van der Waals surface area (Å²) in [7, 11) is 0. The molecule has 0 radical (unpaired) electrons. The topological polar surface area (TPSA) is 67.9 Å². The van der Waals surface area contributed by atoms with Crippen LogP contribution in [0.5, 0.6) is 0 Å². The molecule has 27 heavy (non-hydrogen) atoms. The van der Waals surface area contributed by atoms with Crippen molar-refractivity contribution in [2.75, 3.05) is 43.1 Å². The van der Waals surface area contributed by atoms with Gasteiger partial charge < -0.3 is 19.7 Å². The van der Waals surface area contributed by atoms with Crippen LogP contribution in [0, 0.1) is 6.92 Å². The van der Waals surface area contributed by atoms with Crippen LogP contribution in [0.2, 0.25) is 0 Å². The summed E-state index contributed by atoms with van der Waals surface area (Å²) < 4.78 is 10.5. The van der Waals surface area contributed by atoms with E-state index in [1.807, 2.05) is 31.2 Å². The molecule has 0 saturated carbocycles. The van der Waals surface area contributed by atoms with E-state index in [0.717, 1.165) is 24.3 Å². The molecule has 0 unspecified atom stereocenters. The Morgan fingerprint density at radius 2 is 1.89 bits per heavy atom.